The van der Waals surface area contributed by atoms with Crippen LogP contribution in [0.25, 0.3) is 0 Å². The van der Waals surface area contributed by atoms with E-state index < -0.39 is 5.97 Å². The van der Waals surface area contributed by atoms with Gasteiger partial charge in [-0.25, -0.2) is 0 Å². The number of carboxylic acids is 1. The van der Waals surface area contributed by atoms with Gasteiger partial charge in [-0.2, -0.15) is 0 Å². The van der Waals surface area contributed by atoms with Crippen molar-refractivity contribution in [2.45, 2.75) is 40.5 Å². The Hall–Kier alpha value is -0.790. The zero-order valence-corrected chi connectivity index (χ0v) is 8.35. The van der Waals surface area contributed by atoms with Gasteiger partial charge >= 0.3 is 5.97 Å². The van der Waals surface area contributed by atoms with Gasteiger partial charge in [0, 0.05) is 0 Å². The van der Waals surface area contributed by atoms with Gasteiger partial charge in [0.05, 0.1) is 5.92 Å². The molecule has 0 rings (SSSR count). The van der Waals surface area contributed by atoms with Gasteiger partial charge in [0.1, 0.15) is 0 Å². The molecule has 1 atom stereocenters. The molecule has 0 aliphatic rings. The second-order valence-corrected chi connectivity index (χ2v) is 3.07. The largest absolute Gasteiger partial charge is 0.481 e. The Balaban J connectivity index is 4.66. The molecule has 1 N–H and O–H groups in total. The predicted octanol–water partition coefficient (Wildman–Crippen LogP) is 2.84. The van der Waals surface area contributed by atoms with E-state index in [9.17, 15) is 4.79 Å². The summed E-state index contributed by atoms with van der Waals surface area (Å²) in [5, 5.41) is 8.79. The molecule has 0 radical (unpaired) electrons. The summed E-state index contributed by atoms with van der Waals surface area (Å²) >= 11 is 0. The van der Waals surface area contributed by atoms with Gasteiger partial charge in [0.25, 0.3) is 0 Å². The van der Waals surface area contributed by atoms with Crippen LogP contribution >= 0.6 is 0 Å². The molecule has 0 bridgehead atoms. The summed E-state index contributed by atoms with van der Waals surface area (Å²) in [7, 11) is 0. The Morgan fingerprint density at radius 2 is 1.83 bits per heavy atom. The third kappa shape index (κ3) is 2.68. The minimum Gasteiger partial charge on any atom is -0.481 e. The van der Waals surface area contributed by atoms with Gasteiger partial charge in [-0.1, -0.05) is 25.0 Å². The van der Waals surface area contributed by atoms with Crippen molar-refractivity contribution < 1.29 is 9.90 Å². The van der Waals surface area contributed by atoms with Crippen molar-refractivity contribution in [3.63, 3.8) is 0 Å². The molecule has 12 heavy (non-hydrogen) atoms. The summed E-state index contributed by atoms with van der Waals surface area (Å²) in [6.07, 6.45) is 1.79. The average Bonchev–Trinajstić information content (AvgIpc) is 2.05. The number of aliphatic carboxylic acids is 1. The van der Waals surface area contributed by atoms with Gasteiger partial charge in [0.15, 0.2) is 0 Å². The van der Waals surface area contributed by atoms with E-state index in [0.717, 1.165) is 18.4 Å². The Morgan fingerprint density at radius 3 is 2.08 bits per heavy atom. The van der Waals surface area contributed by atoms with Crippen LogP contribution in [0.5, 0.6) is 0 Å². The molecule has 0 aromatic carbocycles. The third-order valence-electron chi connectivity index (χ3n) is 2.35. The van der Waals surface area contributed by atoms with Crippen molar-refractivity contribution in [1.82, 2.24) is 0 Å². The molecule has 2 nitrogen and oxygen atoms in total. The zero-order valence-electron chi connectivity index (χ0n) is 8.35. The quantitative estimate of drug-likeness (QED) is 0.659. The smallest absolute Gasteiger partial charge is 0.310 e. The molecule has 0 heterocycles. The lowest BCUT2D eigenvalue weighted by molar-refractivity contribution is -0.139. The number of allylic oxidation sites excluding steroid dienone is 1. The molecule has 0 aromatic heterocycles. The second-order valence-electron chi connectivity index (χ2n) is 3.07. The fourth-order valence-corrected chi connectivity index (χ4v) is 1.35. The summed E-state index contributed by atoms with van der Waals surface area (Å²) in [5.74, 6) is -1.05. The monoisotopic (exact) mass is 170 g/mol. The molecule has 1 unspecified atom stereocenters. The second kappa shape index (κ2) is 4.96. The maximum Gasteiger partial charge on any atom is 0.310 e. The van der Waals surface area contributed by atoms with Crippen LogP contribution in [-0.4, -0.2) is 11.1 Å². The van der Waals surface area contributed by atoms with Crippen LogP contribution in [0.3, 0.4) is 0 Å². The molecular weight excluding hydrogens is 152 g/mol. The summed E-state index contributed by atoms with van der Waals surface area (Å²) in [6.45, 7) is 7.83. The van der Waals surface area contributed by atoms with Crippen LogP contribution in [0.4, 0.5) is 0 Å². The highest BCUT2D eigenvalue weighted by Gasteiger charge is 2.16. The van der Waals surface area contributed by atoms with E-state index in [-0.39, 0.29) is 5.92 Å². The van der Waals surface area contributed by atoms with Crippen molar-refractivity contribution in [3.8, 4) is 0 Å². The molecule has 0 aromatic rings. The first-order valence-electron chi connectivity index (χ1n) is 4.45. The van der Waals surface area contributed by atoms with E-state index >= 15 is 0 Å². The summed E-state index contributed by atoms with van der Waals surface area (Å²) in [5.41, 5.74) is 2.29. The van der Waals surface area contributed by atoms with Crippen molar-refractivity contribution in [1.29, 1.82) is 0 Å². The number of hydrogen-bond donors (Lipinski definition) is 1. The van der Waals surface area contributed by atoms with E-state index in [1.54, 1.807) is 6.92 Å². The van der Waals surface area contributed by atoms with Gasteiger partial charge in [-0.05, 0) is 26.7 Å². The molecule has 0 saturated carbocycles. The first kappa shape index (κ1) is 11.2. The van der Waals surface area contributed by atoms with Gasteiger partial charge in [-0.15, -0.1) is 0 Å². The summed E-state index contributed by atoms with van der Waals surface area (Å²) < 4.78 is 0. The molecule has 0 spiro atoms. The molecule has 0 fully saturated rings. The third-order valence-corrected chi connectivity index (χ3v) is 2.35. The van der Waals surface area contributed by atoms with Gasteiger partial charge in [-0.3, -0.25) is 4.79 Å². The van der Waals surface area contributed by atoms with Crippen LogP contribution in [0, 0.1) is 5.92 Å². The molecule has 0 aliphatic heterocycles. The minimum absolute atomic E-state index is 0.324. The Morgan fingerprint density at radius 1 is 1.33 bits per heavy atom. The maximum absolute atomic E-state index is 10.7. The molecule has 0 aliphatic carbocycles. The van der Waals surface area contributed by atoms with Crippen molar-refractivity contribution in [3.05, 3.63) is 11.1 Å². The number of rotatable bonds is 4. The molecule has 2 heteroatoms. The first-order chi connectivity index (χ1) is 5.54. The SMILES string of the molecule is CCC(C)=C(CC)C(C)C(=O)O. The summed E-state index contributed by atoms with van der Waals surface area (Å²) in [6, 6.07) is 0. The Bertz CT molecular complexity index is 192. The minimum atomic E-state index is -0.723. The van der Waals surface area contributed by atoms with E-state index in [2.05, 4.69) is 6.92 Å². The van der Waals surface area contributed by atoms with Crippen LogP contribution in [0.1, 0.15) is 40.5 Å². The topological polar surface area (TPSA) is 37.3 Å². The molecular formula is C10H18O2. The average molecular weight is 170 g/mol. The lowest BCUT2D eigenvalue weighted by atomic mass is 9.93. The highest BCUT2D eigenvalue weighted by atomic mass is 16.4. The first-order valence-corrected chi connectivity index (χ1v) is 4.45. The normalized spacial score (nSPS) is 15.3. The lowest BCUT2D eigenvalue weighted by Gasteiger charge is -2.13. The lowest BCUT2D eigenvalue weighted by Crippen LogP contribution is -2.13. The van der Waals surface area contributed by atoms with Crippen LogP contribution in [0.2, 0.25) is 0 Å². The highest BCUT2D eigenvalue weighted by Crippen LogP contribution is 2.20. The standard InChI is InChI=1S/C10H18O2/c1-5-7(3)9(6-2)8(4)10(11)12/h8H,5-6H2,1-4H3,(H,11,12). The van der Waals surface area contributed by atoms with Crippen molar-refractivity contribution in [2.24, 2.45) is 5.92 Å². The van der Waals surface area contributed by atoms with Crippen molar-refractivity contribution >= 4 is 5.97 Å². The molecule has 0 saturated heterocycles. The van der Waals surface area contributed by atoms with E-state index in [1.807, 2.05) is 13.8 Å². The van der Waals surface area contributed by atoms with E-state index in [4.69, 9.17) is 5.11 Å². The van der Waals surface area contributed by atoms with Gasteiger partial charge < -0.3 is 5.11 Å². The Labute approximate surface area is 74.3 Å². The molecule has 70 valence electrons. The van der Waals surface area contributed by atoms with E-state index in [0.29, 0.717) is 0 Å². The molecule has 0 amide bonds. The number of carboxylic acid groups (broad SMARTS) is 1. The highest BCUT2D eigenvalue weighted by molar-refractivity contribution is 5.73. The van der Waals surface area contributed by atoms with Crippen LogP contribution < -0.4 is 0 Å². The fraction of sp³-hybridized carbons (Fsp3) is 0.700. The van der Waals surface area contributed by atoms with Crippen LogP contribution in [-0.2, 0) is 4.79 Å². The summed E-state index contributed by atoms with van der Waals surface area (Å²) in [4.78, 5) is 10.7. The van der Waals surface area contributed by atoms with E-state index in [1.165, 1.54) is 5.57 Å². The zero-order chi connectivity index (χ0) is 9.72. The maximum atomic E-state index is 10.7. The van der Waals surface area contributed by atoms with Gasteiger partial charge in [0.2, 0.25) is 0 Å². The number of carbonyl (C=O) groups is 1. The van der Waals surface area contributed by atoms with Crippen molar-refractivity contribution in [2.75, 3.05) is 0 Å². The predicted molar refractivity (Wildman–Crippen MR) is 50.1 cm³/mol. The fourth-order valence-electron chi connectivity index (χ4n) is 1.35. The Kier molecular flexibility index (Phi) is 4.64. The van der Waals surface area contributed by atoms with Crippen LogP contribution in [0.15, 0.2) is 11.1 Å². The number of hydrogen-bond acceptors (Lipinski definition) is 1.